The molecule has 1 aliphatic rings. The summed E-state index contributed by atoms with van der Waals surface area (Å²) < 4.78 is 0. The average Bonchev–Trinajstić information content (AvgIpc) is 2.89. The van der Waals surface area contributed by atoms with E-state index in [9.17, 15) is 4.79 Å². The summed E-state index contributed by atoms with van der Waals surface area (Å²) in [5, 5.41) is 3.34. The summed E-state index contributed by atoms with van der Waals surface area (Å²) in [6.45, 7) is 0.286. The van der Waals surface area contributed by atoms with Gasteiger partial charge >= 0.3 is 0 Å². The van der Waals surface area contributed by atoms with Crippen LogP contribution >= 0.6 is 0 Å². The van der Waals surface area contributed by atoms with E-state index in [2.05, 4.69) is 29.6 Å². The molecule has 0 radical (unpaired) electrons. The molecule has 1 aromatic rings. The van der Waals surface area contributed by atoms with Crippen LogP contribution in [0.5, 0.6) is 0 Å². The van der Waals surface area contributed by atoms with Crippen LogP contribution in [0.3, 0.4) is 0 Å². The zero-order valence-electron chi connectivity index (χ0n) is 10.8. The molecular formula is C15H22N2O. The Morgan fingerprint density at radius 1 is 1.28 bits per heavy atom. The summed E-state index contributed by atoms with van der Waals surface area (Å²) in [6.07, 6.45) is 6.15. The smallest absolute Gasteiger partial charge is 0.231 e. The molecule has 1 fully saturated rings. The molecule has 0 aliphatic heterocycles. The first-order valence-corrected chi connectivity index (χ1v) is 6.81. The van der Waals surface area contributed by atoms with Gasteiger partial charge in [-0.1, -0.05) is 43.2 Å². The number of amides is 1. The van der Waals surface area contributed by atoms with Crippen LogP contribution in [0.25, 0.3) is 0 Å². The molecule has 0 aromatic heterocycles. The Balaban J connectivity index is 1.97. The third kappa shape index (κ3) is 3.84. The molecule has 0 saturated heterocycles. The topological polar surface area (TPSA) is 55.1 Å². The maximum absolute atomic E-state index is 10.9. The normalized spacial score (nSPS) is 17.8. The third-order valence-electron chi connectivity index (χ3n) is 3.81. The molecule has 1 aliphatic carbocycles. The zero-order chi connectivity index (χ0) is 12.8. The Morgan fingerprint density at radius 3 is 2.56 bits per heavy atom. The number of rotatable bonds is 6. The first-order chi connectivity index (χ1) is 8.75. The minimum absolute atomic E-state index is 0.272. The molecule has 3 heteroatoms. The van der Waals surface area contributed by atoms with Gasteiger partial charge in [-0.3, -0.25) is 4.79 Å². The summed E-state index contributed by atoms with van der Waals surface area (Å²) in [6, 6.07) is 10.8. The van der Waals surface area contributed by atoms with E-state index in [1.54, 1.807) is 0 Å². The van der Waals surface area contributed by atoms with Crippen molar-refractivity contribution in [1.82, 2.24) is 5.32 Å². The monoisotopic (exact) mass is 246 g/mol. The second-order valence-electron chi connectivity index (χ2n) is 5.19. The molecule has 1 amide bonds. The van der Waals surface area contributed by atoms with Gasteiger partial charge in [0.25, 0.3) is 0 Å². The molecule has 0 heterocycles. The van der Waals surface area contributed by atoms with E-state index in [1.165, 1.54) is 31.2 Å². The molecule has 0 unspecified atom stereocenters. The van der Waals surface area contributed by atoms with Crippen LogP contribution in [-0.2, 0) is 11.2 Å². The van der Waals surface area contributed by atoms with Crippen LogP contribution in [0, 0.1) is 5.92 Å². The lowest BCUT2D eigenvalue weighted by Gasteiger charge is -2.24. The third-order valence-corrected chi connectivity index (χ3v) is 3.81. The van der Waals surface area contributed by atoms with E-state index < -0.39 is 0 Å². The SMILES string of the molecule is NC(=O)CN[C@@H](Cc1ccccc1)C1CCCC1. The molecule has 1 atom stereocenters. The van der Waals surface area contributed by atoms with Gasteiger partial charge in [0.2, 0.25) is 5.91 Å². The molecule has 1 aromatic carbocycles. The molecule has 3 nitrogen and oxygen atoms in total. The Labute approximate surface area is 109 Å². The summed E-state index contributed by atoms with van der Waals surface area (Å²) in [5.74, 6) is 0.413. The number of carbonyl (C=O) groups is 1. The summed E-state index contributed by atoms with van der Waals surface area (Å²) in [7, 11) is 0. The maximum Gasteiger partial charge on any atom is 0.231 e. The van der Waals surface area contributed by atoms with Crippen LogP contribution < -0.4 is 11.1 Å². The lowest BCUT2D eigenvalue weighted by atomic mass is 9.92. The molecule has 18 heavy (non-hydrogen) atoms. The van der Waals surface area contributed by atoms with Crippen molar-refractivity contribution in [3.63, 3.8) is 0 Å². The first kappa shape index (κ1) is 13.1. The molecule has 0 bridgehead atoms. The number of hydrogen-bond acceptors (Lipinski definition) is 2. The molecule has 2 rings (SSSR count). The van der Waals surface area contributed by atoms with Crippen LogP contribution in [0.1, 0.15) is 31.2 Å². The van der Waals surface area contributed by atoms with Crippen molar-refractivity contribution in [2.45, 2.75) is 38.1 Å². The van der Waals surface area contributed by atoms with Crippen LogP contribution in [0.2, 0.25) is 0 Å². The zero-order valence-corrected chi connectivity index (χ0v) is 10.8. The highest BCUT2D eigenvalue weighted by Crippen LogP contribution is 2.29. The summed E-state index contributed by atoms with van der Waals surface area (Å²) in [4.78, 5) is 10.9. The van der Waals surface area contributed by atoms with Crippen molar-refractivity contribution in [3.05, 3.63) is 35.9 Å². The molecule has 3 N–H and O–H groups in total. The van der Waals surface area contributed by atoms with Crippen LogP contribution in [0.15, 0.2) is 30.3 Å². The summed E-state index contributed by atoms with van der Waals surface area (Å²) >= 11 is 0. The molecular weight excluding hydrogens is 224 g/mol. The van der Waals surface area contributed by atoms with Crippen molar-refractivity contribution in [2.75, 3.05) is 6.54 Å². The maximum atomic E-state index is 10.9. The Kier molecular flexibility index (Phi) is 4.76. The van der Waals surface area contributed by atoms with Gasteiger partial charge < -0.3 is 11.1 Å². The minimum atomic E-state index is -0.272. The van der Waals surface area contributed by atoms with E-state index in [0.29, 0.717) is 12.0 Å². The largest absolute Gasteiger partial charge is 0.369 e. The van der Waals surface area contributed by atoms with Crippen molar-refractivity contribution in [2.24, 2.45) is 11.7 Å². The number of carbonyl (C=O) groups excluding carboxylic acids is 1. The first-order valence-electron chi connectivity index (χ1n) is 6.81. The lowest BCUT2D eigenvalue weighted by Crippen LogP contribution is -2.41. The number of nitrogens with one attached hydrogen (secondary N) is 1. The quantitative estimate of drug-likeness (QED) is 0.805. The highest BCUT2D eigenvalue weighted by Gasteiger charge is 2.25. The average molecular weight is 246 g/mol. The Bertz CT molecular complexity index is 371. The van der Waals surface area contributed by atoms with E-state index in [-0.39, 0.29) is 12.5 Å². The fourth-order valence-electron chi connectivity index (χ4n) is 2.86. The van der Waals surface area contributed by atoms with Gasteiger partial charge in [0, 0.05) is 6.04 Å². The number of nitrogens with two attached hydrogens (primary N) is 1. The fraction of sp³-hybridized carbons (Fsp3) is 0.533. The molecule has 0 spiro atoms. The number of primary amides is 1. The highest BCUT2D eigenvalue weighted by atomic mass is 16.1. The predicted molar refractivity (Wildman–Crippen MR) is 73.1 cm³/mol. The van der Waals surface area contributed by atoms with Crippen molar-refractivity contribution >= 4 is 5.91 Å². The fourth-order valence-corrected chi connectivity index (χ4v) is 2.86. The van der Waals surface area contributed by atoms with E-state index >= 15 is 0 Å². The van der Waals surface area contributed by atoms with Gasteiger partial charge in [0.15, 0.2) is 0 Å². The lowest BCUT2D eigenvalue weighted by molar-refractivity contribution is -0.117. The van der Waals surface area contributed by atoms with Crippen LogP contribution in [0.4, 0.5) is 0 Å². The van der Waals surface area contributed by atoms with Gasteiger partial charge in [-0.05, 0) is 30.7 Å². The van der Waals surface area contributed by atoms with Crippen LogP contribution in [-0.4, -0.2) is 18.5 Å². The van der Waals surface area contributed by atoms with Crippen molar-refractivity contribution in [1.29, 1.82) is 0 Å². The minimum Gasteiger partial charge on any atom is -0.369 e. The number of benzene rings is 1. The van der Waals surface area contributed by atoms with Gasteiger partial charge in [-0.2, -0.15) is 0 Å². The summed E-state index contributed by atoms with van der Waals surface area (Å²) in [5.41, 5.74) is 6.56. The van der Waals surface area contributed by atoms with Gasteiger partial charge in [0.1, 0.15) is 0 Å². The van der Waals surface area contributed by atoms with E-state index in [1.807, 2.05) is 6.07 Å². The van der Waals surface area contributed by atoms with Crippen molar-refractivity contribution < 1.29 is 4.79 Å². The Morgan fingerprint density at radius 2 is 1.94 bits per heavy atom. The van der Waals surface area contributed by atoms with Gasteiger partial charge in [-0.15, -0.1) is 0 Å². The number of hydrogen-bond donors (Lipinski definition) is 2. The second-order valence-corrected chi connectivity index (χ2v) is 5.19. The second kappa shape index (κ2) is 6.55. The molecule has 98 valence electrons. The Hall–Kier alpha value is -1.35. The van der Waals surface area contributed by atoms with E-state index in [4.69, 9.17) is 5.73 Å². The molecule has 1 saturated carbocycles. The standard InChI is InChI=1S/C15H22N2O/c16-15(18)11-17-14(13-8-4-5-9-13)10-12-6-2-1-3-7-12/h1-3,6-7,13-14,17H,4-5,8-11H2,(H2,16,18)/t14-/m0/s1. The van der Waals surface area contributed by atoms with E-state index in [0.717, 1.165) is 6.42 Å². The van der Waals surface area contributed by atoms with Crippen molar-refractivity contribution in [3.8, 4) is 0 Å². The van der Waals surface area contributed by atoms with Gasteiger partial charge in [-0.25, -0.2) is 0 Å². The highest BCUT2D eigenvalue weighted by molar-refractivity contribution is 5.75. The predicted octanol–water partition coefficient (Wildman–Crippen LogP) is 1.86. The van der Waals surface area contributed by atoms with Gasteiger partial charge in [0.05, 0.1) is 6.54 Å².